The summed E-state index contributed by atoms with van der Waals surface area (Å²) in [5, 5.41) is 0. The minimum absolute atomic E-state index is 0. The average Bonchev–Trinajstić information content (AvgIpc) is 2.35. The van der Waals surface area contributed by atoms with Gasteiger partial charge < -0.3 is 23.5 Å². The van der Waals surface area contributed by atoms with Crippen LogP contribution in [-0.2, 0) is 37.2 Å². The number of amides is 1. The minimum Gasteiger partial charge on any atom is -0.367 e. The van der Waals surface area contributed by atoms with Crippen molar-refractivity contribution >= 4 is 11.7 Å². The van der Waals surface area contributed by atoms with Crippen LogP contribution in [0.3, 0.4) is 0 Å². The first-order chi connectivity index (χ1) is 8.43. The van der Waals surface area contributed by atoms with Crippen molar-refractivity contribution in [1.29, 1.82) is 0 Å². The molecule has 4 heteroatoms. The van der Waals surface area contributed by atoms with Crippen LogP contribution in [0, 0.1) is 19.8 Å². The van der Waals surface area contributed by atoms with Crippen LogP contribution in [0.5, 0.6) is 0 Å². The van der Waals surface area contributed by atoms with Gasteiger partial charge in [0.25, 0.3) is 0 Å². The smallest absolute Gasteiger partial charge is 0.367 e. The van der Waals surface area contributed by atoms with E-state index in [0.29, 0.717) is 6.54 Å². The van der Waals surface area contributed by atoms with Gasteiger partial charge in [-0.3, -0.25) is 4.79 Å². The van der Waals surface area contributed by atoms with Crippen LogP contribution in [-0.4, -0.2) is 22.6 Å². The molecule has 0 saturated heterocycles. The molecule has 2 atom stereocenters. The van der Waals surface area contributed by atoms with Crippen LogP contribution >= 0.6 is 0 Å². The van der Waals surface area contributed by atoms with Gasteiger partial charge in [-0.2, -0.15) is 0 Å². The number of hydrogen-bond acceptors (Lipinski definition) is 2. The molecule has 0 aromatic heterocycles. The second kappa shape index (κ2) is 8.27. The number of carbonyl (C=O) groups is 2. The van der Waals surface area contributed by atoms with E-state index < -0.39 is 5.92 Å². The zero-order valence-corrected chi connectivity index (χ0v) is 14.3. The Kier molecular flexibility index (Phi) is 7.85. The van der Waals surface area contributed by atoms with Crippen LogP contribution in [0.25, 0.3) is 0 Å². The zero-order chi connectivity index (χ0) is 13.7. The molecule has 0 aliphatic heterocycles. The van der Waals surface area contributed by atoms with Gasteiger partial charge in [-0.1, -0.05) is 43.3 Å². The zero-order valence-electron chi connectivity index (χ0n) is 11.3. The summed E-state index contributed by atoms with van der Waals surface area (Å²) in [6.07, 6.45) is 0. The number of hydrogen-bond donors (Lipinski definition) is 0. The molecule has 1 rings (SSSR count). The number of carbonyl (C=O) groups excluding carboxylic acids is 2. The molecule has 1 aromatic carbocycles. The summed E-state index contributed by atoms with van der Waals surface area (Å²) < 4.78 is 0. The Balaban J connectivity index is 0.00000324. The normalized spacial score (nSPS) is 13.1. The van der Waals surface area contributed by atoms with Crippen molar-refractivity contribution in [2.45, 2.75) is 26.4 Å². The fourth-order valence-corrected chi connectivity index (χ4v) is 1.61. The summed E-state index contributed by atoms with van der Waals surface area (Å²) in [5.74, 6) is -1.34. The summed E-state index contributed by atoms with van der Waals surface area (Å²) in [7, 11) is 0. The first-order valence-electron chi connectivity index (χ1n) is 5.94. The van der Waals surface area contributed by atoms with Gasteiger partial charge in [-0.25, -0.2) is 0 Å². The largest absolute Gasteiger partial charge is 2.00 e. The van der Waals surface area contributed by atoms with E-state index in [9.17, 15) is 9.59 Å². The Morgan fingerprint density at radius 3 is 2.16 bits per heavy atom. The fraction of sp³-hybridized carbons (Fsp3) is 0.333. The number of nitrogens with zero attached hydrogens (tertiary/aromatic N) is 1. The Hall–Kier alpha value is -0.952. The molecule has 1 amide bonds. The Labute approximate surface area is 129 Å². The van der Waals surface area contributed by atoms with Gasteiger partial charge in [-0.05, 0) is 18.4 Å². The molecule has 0 bridgehead atoms. The molecule has 2 unspecified atom stereocenters. The predicted octanol–water partition coefficient (Wildman–Crippen LogP) is 2.27. The maximum absolute atomic E-state index is 12.1. The maximum atomic E-state index is 12.1. The van der Waals surface area contributed by atoms with Crippen molar-refractivity contribution in [2.75, 3.05) is 0 Å². The summed E-state index contributed by atoms with van der Waals surface area (Å²) in [6.45, 7) is 11.1. The Morgan fingerprint density at radius 2 is 1.74 bits per heavy atom. The molecule has 102 valence electrons. The molecule has 19 heavy (non-hydrogen) atoms. The van der Waals surface area contributed by atoms with Crippen molar-refractivity contribution in [3.63, 3.8) is 0 Å². The standard InChI is InChI=1S/C15H19NO2.W/c1-11(2)16(15(18)12(3)13(4)17)10-14-8-6-5-7-9-14;/h5-9,11-12H,1,3,10H2,2,4H3;/q-2;+2. The minimum atomic E-state index is -0.849. The molecule has 0 aliphatic carbocycles. The van der Waals surface area contributed by atoms with Crippen molar-refractivity contribution in [2.24, 2.45) is 5.92 Å². The first kappa shape index (κ1) is 18.0. The van der Waals surface area contributed by atoms with Gasteiger partial charge in [-0.15, -0.1) is 0 Å². The topological polar surface area (TPSA) is 37.4 Å². The van der Waals surface area contributed by atoms with Crippen LogP contribution in [0.15, 0.2) is 30.3 Å². The van der Waals surface area contributed by atoms with Gasteiger partial charge in [0.1, 0.15) is 5.78 Å². The van der Waals surface area contributed by atoms with Crippen LogP contribution in [0.1, 0.15) is 19.4 Å². The molecule has 0 heterocycles. The van der Waals surface area contributed by atoms with E-state index in [0.717, 1.165) is 5.56 Å². The number of rotatable bonds is 5. The second-order valence-corrected chi connectivity index (χ2v) is 4.46. The van der Waals surface area contributed by atoms with Crippen molar-refractivity contribution < 1.29 is 30.7 Å². The van der Waals surface area contributed by atoms with E-state index in [1.165, 1.54) is 6.92 Å². The van der Waals surface area contributed by atoms with E-state index in [2.05, 4.69) is 13.8 Å². The number of ketones is 1. The average molecular weight is 429 g/mol. The Bertz CT molecular complexity index is 417. The fourth-order valence-electron chi connectivity index (χ4n) is 1.61. The van der Waals surface area contributed by atoms with E-state index in [-0.39, 0.29) is 38.8 Å². The molecule has 1 aromatic rings. The summed E-state index contributed by atoms with van der Waals surface area (Å²) >= 11 is 0. The molecule has 0 aliphatic rings. The molecular formula is C15H19NO2W. The third-order valence-electron chi connectivity index (χ3n) is 2.80. The van der Waals surface area contributed by atoms with Crippen molar-refractivity contribution in [1.82, 2.24) is 4.90 Å². The van der Waals surface area contributed by atoms with E-state index in [4.69, 9.17) is 0 Å². The molecular weight excluding hydrogens is 410 g/mol. The first-order valence-corrected chi connectivity index (χ1v) is 5.94. The summed E-state index contributed by atoms with van der Waals surface area (Å²) in [4.78, 5) is 24.9. The van der Waals surface area contributed by atoms with Crippen molar-refractivity contribution in [3.05, 3.63) is 49.7 Å². The molecule has 0 radical (unpaired) electrons. The summed E-state index contributed by atoms with van der Waals surface area (Å²) in [6, 6.07) is 9.42. The molecule has 0 spiro atoms. The van der Waals surface area contributed by atoms with Crippen LogP contribution < -0.4 is 0 Å². The summed E-state index contributed by atoms with van der Waals surface area (Å²) in [5.41, 5.74) is 1.01. The molecule has 0 fully saturated rings. The van der Waals surface area contributed by atoms with E-state index >= 15 is 0 Å². The quantitative estimate of drug-likeness (QED) is 0.532. The predicted molar refractivity (Wildman–Crippen MR) is 71.3 cm³/mol. The van der Waals surface area contributed by atoms with Crippen LogP contribution in [0.4, 0.5) is 0 Å². The van der Waals surface area contributed by atoms with Gasteiger partial charge in [0, 0.05) is 6.54 Å². The number of benzene rings is 1. The maximum Gasteiger partial charge on any atom is 2.00 e. The third kappa shape index (κ3) is 5.28. The third-order valence-corrected chi connectivity index (χ3v) is 2.80. The SMILES string of the molecule is [CH2-]C(C(C)=O)C(=O)N(Cc1ccccc1)C([CH2-])C.[W+2]. The monoisotopic (exact) mass is 429 g/mol. The second-order valence-electron chi connectivity index (χ2n) is 4.46. The molecule has 0 N–H and O–H groups in total. The number of Topliss-reactive ketones (excluding diaryl/α,β-unsaturated/α-hetero) is 1. The van der Waals surface area contributed by atoms with E-state index in [1.807, 2.05) is 37.3 Å². The van der Waals surface area contributed by atoms with Gasteiger partial charge in [0.2, 0.25) is 5.91 Å². The van der Waals surface area contributed by atoms with Gasteiger partial charge >= 0.3 is 21.1 Å². The van der Waals surface area contributed by atoms with Crippen LogP contribution in [0.2, 0.25) is 0 Å². The van der Waals surface area contributed by atoms with E-state index in [1.54, 1.807) is 4.90 Å². The van der Waals surface area contributed by atoms with Crippen molar-refractivity contribution in [3.8, 4) is 0 Å². The van der Waals surface area contributed by atoms with Gasteiger partial charge in [0.15, 0.2) is 0 Å². The molecule has 3 nitrogen and oxygen atoms in total. The Morgan fingerprint density at radius 1 is 1.21 bits per heavy atom. The van der Waals surface area contributed by atoms with Gasteiger partial charge in [0.05, 0.1) is 0 Å². The molecule has 0 saturated carbocycles.